The SMILES string of the molecule is CNC(=O)NC(=O)CSc1nnc(-c2cccs2)n1-c1ccccc1. The molecule has 3 amide bonds. The molecular formula is C16H15N5O2S2. The second-order valence-electron chi connectivity index (χ2n) is 4.87. The summed E-state index contributed by atoms with van der Waals surface area (Å²) < 4.78 is 1.91. The third-order valence-corrected chi connectivity index (χ3v) is 5.00. The number of carbonyl (C=O) groups is 2. The van der Waals surface area contributed by atoms with Gasteiger partial charge in [-0.2, -0.15) is 0 Å². The van der Waals surface area contributed by atoms with Crippen LogP contribution in [-0.4, -0.2) is 39.5 Å². The number of thioether (sulfide) groups is 1. The number of nitrogens with zero attached hydrogens (tertiary/aromatic N) is 3. The summed E-state index contributed by atoms with van der Waals surface area (Å²) >= 11 is 2.79. The summed E-state index contributed by atoms with van der Waals surface area (Å²) in [6, 6.07) is 13.1. The Morgan fingerprint density at radius 2 is 1.96 bits per heavy atom. The molecule has 0 atom stereocenters. The first-order chi connectivity index (χ1) is 12.2. The van der Waals surface area contributed by atoms with Gasteiger partial charge in [0.25, 0.3) is 0 Å². The fourth-order valence-corrected chi connectivity index (χ4v) is 3.54. The maximum absolute atomic E-state index is 11.8. The van der Waals surface area contributed by atoms with E-state index in [2.05, 4.69) is 20.8 Å². The van der Waals surface area contributed by atoms with E-state index >= 15 is 0 Å². The van der Waals surface area contributed by atoms with Gasteiger partial charge in [-0.1, -0.05) is 36.0 Å². The monoisotopic (exact) mass is 373 g/mol. The number of thiophene rings is 1. The Bertz CT molecular complexity index is 862. The first kappa shape index (κ1) is 17.2. The molecule has 25 heavy (non-hydrogen) atoms. The van der Waals surface area contributed by atoms with Gasteiger partial charge < -0.3 is 5.32 Å². The predicted octanol–water partition coefficient (Wildman–Crippen LogP) is 2.54. The van der Waals surface area contributed by atoms with Crippen LogP contribution in [0.4, 0.5) is 4.79 Å². The van der Waals surface area contributed by atoms with Gasteiger partial charge >= 0.3 is 6.03 Å². The summed E-state index contributed by atoms with van der Waals surface area (Å²) in [5.41, 5.74) is 0.908. The van der Waals surface area contributed by atoms with Crippen LogP contribution in [0.25, 0.3) is 16.4 Å². The summed E-state index contributed by atoms with van der Waals surface area (Å²) in [5, 5.41) is 15.6. The zero-order valence-corrected chi connectivity index (χ0v) is 14.9. The van der Waals surface area contributed by atoms with E-state index in [9.17, 15) is 9.59 Å². The number of nitrogens with one attached hydrogen (secondary N) is 2. The van der Waals surface area contributed by atoms with E-state index in [1.807, 2.05) is 52.4 Å². The molecule has 128 valence electrons. The lowest BCUT2D eigenvalue weighted by Gasteiger charge is -2.09. The molecule has 0 fully saturated rings. The zero-order chi connectivity index (χ0) is 17.6. The van der Waals surface area contributed by atoms with Crippen molar-refractivity contribution in [3.8, 4) is 16.4 Å². The second-order valence-corrected chi connectivity index (χ2v) is 6.76. The summed E-state index contributed by atoms with van der Waals surface area (Å²) in [6.45, 7) is 0. The van der Waals surface area contributed by atoms with Crippen molar-refractivity contribution >= 4 is 35.0 Å². The summed E-state index contributed by atoms with van der Waals surface area (Å²) in [7, 11) is 1.45. The lowest BCUT2D eigenvalue weighted by atomic mass is 10.3. The minimum atomic E-state index is -0.533. The number of rotatable bonds is 5. The molecule has 7 nitrogen and oxygen atoms in total. The van der Waals surface area contributed by atoms with Crippen LogP contribution in [0.1, 0.15) is 0 Å². The van der Waals surface area contributed by atoms with Gasteiger partial charge in [0, 0.05) is 12.7 Å². The van der Waals surface area contributed by atoms with E-state index in [1.165, 1.54) is 18.8 Å². The van der Waals surface area contributed by atoms with Gasteiger partial charge in [0.1, 0.15) is 0 Å². The Labute approximate surface area is 152 Å². The molecule has 2 aromatic heterocycles. The van der Waals surface area contributed by atoms with E-state index in [1.54, 1.807) is 11.3 Å². The van der Waals surface area contributed by atoms with Crippen molar-refractivity contribution in [2.45, 2.75) is 5.16 Å². The smallest absolute Gasteiger partial charge is 0.321 e. The van der Waals surface area contributed by atoms with Crippen LogP contribution >= 0.6 is 23.1 Å². The fourth-order valence-electron chi connectivity index (χ4n) is 2.09. The van der Waals surface area contributed by atoms with Crippen molar-refractivity contribution in [1.82, 2.24) is 25.4 Å². The van der Waals surface area contributed by atoms with Gasteiger partial charge in [-0.05, 0) is 23.6 Å². The number of benzene rings is 1. The van der Waals surface area contributed by atoms with Crippen LogP contribution in [-0.2, 0) is 4.79 Å². The number of urea groups is 1. The van der Waals surface area contributed by atoms with Crippen molar-refractivity contribution < 1.29 is 9.59 Å². The van der Waals surface area contributed by atoms with E-state index in [0.29, 0.717) is 5.16 Å². The highest BCUT2D eigenvalue weighted by atomic mass is 32.2. The van der Waals surface area contributed by atoms with Crippen molar-refractivity contribution in [3.63, 3.8) is 0 Å². The predicted molar refractivity (Wildman–Crippen MR) is 98.0 cm³/mol. The summed E-state index contributed by atoms with van der Waals surface area (Å²) in [4.78, 5) is 24.0. The molecule has 3 aromatic rings. The van der Waals surface area contributed by atoms with Crippen molar-refractivity contribution in [2.24, 2.45) is 0 Å². The quantitative estimate of drug-likeness (QED) is 0.671. The number of hydrogen-bond acceptors (Lipinski definition) is 6. The fraction of sp³-hybridized carbons (Fsp3) is 0.125. The highest BCUT2D eigenvalue weighted by molar-refractivity contribution is 7.99. The minimum Gasteiger partial charge on any atom is -0.341 e. The van der Waals surface area contributed by atoms with E-state index in [4.69, 9.17) is 0 Å². The molecule has 0 radical (unpaired) electrons. The lowest BCUT2D eigenvalue weighted by molar-refractivity contribution is -0.117. The molecule has 0 bridgehead atoms. The number of aromatic nitrogens is 3. The van der Waals surface area contributed by atoms with E-state index in [0.717, 1.165) is 16.4 Å². The molecular weight excluding hydrogens is 358 g/mol. The molecule has 1 aromatic carbocycles. The highest BCUT2D eigenvalue weighted by Gasteiger charge is 2.18. The van der Waals surface area contributed by atoms with Gasteiger partial charge in [-0.15, -0.1) is 21.5 Å². The van der Waals surface area contributed by atoms with Gasteiger partial charge in [0.15, 0.2) is 11.0 Å². The number of hydrogen-bond donors (Lipinski definition) is 2. The Hall–Kier alpha value is -2.65. The molecule has 2 heterocycles. The summed E-state index contributed by atoms with van der Waals surface area (Å²) in [5.74, 6) is 0.378. The van der Waals surface area contributed by atoms with Crippen LogP contribution in [0.5, 0.6) is 0 Å². The molecule has 9 heteroatoms. The van der Waals surface area contributed by atoms with Crippen molar-refractivity contribution in [2.75, 3.05) is 12.8 Å². The van der Waals surface area contributed by atoms with Crippen molar-refractivity contribution in [3.05, 3.63) is 47.8 Å². The Balaban J connectivity index is 1.87. The average Bonchev–Trinajstić information content (AvgIpc) is 3.29. The van der Waals surface area contributed by atoms with Crippen LogP contribution < -0.4 is 10.6 Å². The van der Waals surface area contributed by atoms with Crippen LogP contribution in [0, 0.1) is 0 Å². The molecule has 0 aliphatic rings. The normalized spacial score (nSPS) is 10.4. The van der Waals surface area contributed by atoms with Crippen LogP contribution in [0.3, 0.4) is 0 Å². The molecule has 0 aliphatic carbocycles. The molecule has 0 saturated carbocycles. The van der Waals surface area contributed by atoms with Gasteiger partial charge in [0.05, 0.1) is 10.6 Å². The Morgan fingerprint density at radius 1 is 1.16 bits per heavy atom. The molecule has 3 rings (SSSR count). The minimum absolute atomic E-state index is 0.0584. The second kappa shape index (κ2) is 7.95. The number of para-hydroxylation sites is 1. The Morgan fingerprint density at radius 3 is 2.64 bits per heavy atom. The molecule has 0 saturated heterocycles. The number of imide groups is 1. The molecule has 0 unspecified atom stereocenters. The van der Waals surface area contributed by atoms with E-state index in [-0.39, 0.29) is 5.75 Å². The topological polar surface area (TPSA) is 88.9 Å². The average molecular weight is 373 g/mol. The van der Waals surface area contributed by atoms with Crippen LogP contribution in [0.15, 0.2) is 53.0 Å². The Kier molecular flexibility index (Phi) is 5.46. The maximum atomic E-state index is 11.8. The maximum Gasteiger partial charge on any atom is 0.321 e. The standard InChI is InChI=1S/C16H15N5O2S2/c1-17-15(23)18-13(22)10-25-16-20-19-14(12-8-5-9-24-12)21(16)11-6-3-2-4-7-11/h2-9H,10H2,1H3,(H2,17,18,22,23). The first-order valence-electron chi connectivity index (χ1n) is 7.38. The first-order valence-corrected chi connectivity index (χ1v) is 9.24. The highest BCUT2D eigenvalue weighted by Crippen LogP contribution is 2.30. The van der Waals surface area contributed by atoms with E-state index < -0.39 is 11.9 Å². The molecule has 0 spiro atoms. The van der Waals surface area contributed by atoms with Gasteiger partial charge in [-0.25, -0.2) is 4.79 Å². The number of carbonyl (C=O) groups excluding carboxylic acids is 2. The van der Waals surface area contributed by atoms with Crippen molar-refractivity contribution in [1.29, 1.82) is 0 Å². The number of amides is 3. The van der Waals surface area contributed by atoms with Gasteiger partial charge in [0.2, 0.25) is 5.91 Å². The lowest BCUT2D eigenvalue weighted by Crippen LogP contribution is -2.38. The molecule has 2 N–H and O–H groups in total. The van der Waals surface area contributed by atoms with Crippen LogP contribution in [0.2, 0.25) is 0 Å². The third kappa shape index (κ3) is 4.06. The van der Waals surface area contributed by atoms with Gasteiger partial charge in [-0.3, -0.25) is 14.7 Å². The molecule has 0 aliphatic heterocycles. The summed E-state index contributed by atoms with van der Waals surface area (Å²) in [6.07, 6.45) is 0. The zero-order valence-electron chi connectivity index (χ0n) is 13.3. The third-order valence-electron chi connectivity index (χ3n) is 3.20. The largest absolute Gasteiger partial charge is 0.341 e.